The molecule has 3 heteroatoms. The van der Waals surface area contributed by atoms with Crippen LogP contribution in [0.5, 0.6) is 0 Å². The molecule has 0 amide bonds. The van der Waals surface area contributed by atoms with E-state index in [-0.39, 0.29) is 0 Å². The van der Waals surface area contributed by atoms with Gasteiger partial charge >= 0.3 is 0 Å². The molecule has 0 aliphatic carbocycles. The van der Waals surface area contributed by atoms with Crippen LogP contribution in [0, 0.1) is 0 Å². The predicted octanol–water partition coefficient (Wildman–Crippen LogP) is 4.25. The summed E-state index contributed by atoms with van der Waals surface area (Å²) in [4.78, 5) is 0. The number of aliphatic hydroxyl groups is 1. The van der Waals surface area contributed by atoms with E-state index in [0.29, 0.717) is 4.67 Å². The molecule has 0 saturated heterocycles. The van der Waals surface area contributed by atoms with Crippen molar-refractivity contribution < 1.29 is 9.52 Å². The zero-order chi connectivity index (χ0) is 13.1. The highest BCUT2D eigenvalue weighted by atomic mass is 79.9. The minimum Gasteiger partial charge on any atom is -0.457 e. The third kappa shape index (κ3) is 2.52. The first-order valence-electron chi connectivity index (χ1n) is 6.20. The lowest BCUT2D eigenvalue weighted by molar-refractivity contribution is 0.218. The average Bonchev–Trinajstić information content (AvgIpc) is 2.83. The summed E-state index contributed by atoms with van der Waals surface area (Å²) in [5.74, 6) is 0. The van der Waals surface area contributed by atoms with Crippen LogP contribution >= 0.6 is 15.9 Å². The molecule has 2 rings (SSSR count). The average molecular weight is 309 g/mol. The SMILES string of the molecule is CCc1ccc(C(O)c2ccoc2Br)cc1CC. The minimum absolute atomic E-state index is 0.590. The normalized spacial score (nSPS) is 12.7. The summed E-state index contributed by atoms with van der Waals surface area (Å²) in [7, 11) is 0. The summed E-state index contributed by atoms with van der Waals surface area (Å²) in [6, 6.07) is 7.96. The van der Waals surface area contributed by atoms with Crippen molar-refractivity contribution in [1.82, 2.24) is 0 Å². The molecule has 1 unspecified atom stereocenters. The molecular formula is C15H17BrO2. The van der Waals surface area contributed by atoms with Crippen molar-refractivity contribution in [2.24, 2.45) is 0 Å². The number of aryl methyl sites for hydroxylation is 2. The topological polar surface area (TPSA) is 33.4 Å². The van der Waals surface area contributed by atoms with Crippen LogP contribution in [-0.2, 0) is 12.8 Å². The largest absolute Gasteiger partial charge is 0.457 e. The summed E-state index contributed by atoms with van der Waals surface area (Å²) in [6.45, 7) is 4.29. The zero-order valence-electron chi connectivity index (χ0n) is 10.6. The van der Waals surface area contributed by atoms with Crippen molar-refractivity contribution in [3.8, 4) is 0 Å². The third-order valence-electron chi connectivity index (χ3n) is 3.25. The molecule has 18 heavy (non-hydrogen) atoms. The quantitative estimate of drug-likeness (QED) is 0.916. The fourth-order valence-electron chi connectivity index (χ4n) is 2.17. The van der Waals surface area contributed by atoms with Gasteiger partial charge in [0.1, 0.15) is 6.10 Å². The predicted molar refractivity (Wildman–Crippen MR) is 75.7 cm³/mol. The molecule has 0 fully saturated rings. The van der Waals surface area contributed by atoms with Gasteiger partial charge in [0.2, 0.25) is 0 Å². The number of halogens is 1. The maximum Gasteiger partial charge on any atom is 0.175 e. The van der Waals surface area contributed by atoms with Gasteiger partial charge in [-0.05, 0) is 51.5 Å². The van der Waals surface area contributed by atoms with Gasteiger partial charge in [-0.3, -0.25) is 0 Å². The molecule has 0 radical (unpaired) electrons. The van der Waals surface area contributed by atoms with Gasteiger partial charge < -0.3 is 9.52 Å². The van der Waals surface area contributed by atoms with Crippen LogP contribution in [0.4, 0.5) is 0 Å². The Balaban J connectivity index is 2.37. The van der Waals surface area contributed by atoms with E-state index in [0.717, 1.165) is 24.0 Å². The van der Waals surface area contributed by atoms with E-state index in [9.17, 15) is 5.11 Å². The lowest BCUT2D eigenvalue weighted by Crippen LogP contribution is -2.01. The molecule has 2 nitrogen and oxygen atoms in total. The van der Waals surface area contributed by atoms with E-state index in [1.165, 1.54) is 11.1 Å². The standard InChI is InChI=1S/C15H17BrO2/c1-3-10-5-6-12(9-11(10)4-2)14(17)13-7-8-18-15(13)16/h5-9,14,17H,3-4H2,1-2H3. The summed E-state index contributed by atoms with van der Waals surface area (Å²) >= 11 is 3.30. The van der Waals surface area contributed by atoms with Gasteiger partial charge in [-0.2, -0.15) is 0 Å². The Kier molecular flexibility index (Phi) is 4.25. The van der Waals surface area contributed by atoms with Crippen molar-refractivity contribution >= 4 is 15.9 Å². The highest BCUT2D eigenvalue weighted by Crippen LogP contribution is 2.30. The van der Waals surface area contributed by atoms with Crippen molar-refractivity contribution in [2.45, 2.75) is 32.8 Å². The van der Waals surface area contributed by atoms with Crippen molar-refractivity contribution in [1.29, 1.82) is 0 Å². The second-order valence-corrected chi connectivity index (χ2v) is 5.01. The first-order chi connectivity index (χ1) is 8.67. The first kappa shape index (κ1) is 13.4. The number of hydrogen-bond donors (Lipinski definition) is 1. The molecule has 1 heterocycles. The van der Waals surface area contributed by atoms with E-state index in [2.05, 4.69) is 41.9 Å². The van der Waals surface area contributed by atoms with Crippen molar-refractivity contribution in [3.63, 3.8) is 0 Å². The Labute approximate surface area is 116 Å². The van der Waals surface area contributed by atoms with Crippen LogP contribution in [0.1, 0.15) is 42.2 Å². The number of hydrogen-bond acceptors (Lipinski definition) is 2. The smallest absolute Gasteiger partial charge is 0.175 e. The van der Waals surface area contributed by atoms with Gasteiger partial charge in [-0.25, -0.2) is 0 Å². The van der Waals surface area contributed by atoms with Crippen molar-refractivity contribution in [2.75, 3.05) is 0 Å². The van der Waals surface area contributed by atoms with Gasteiger partial charge in [0.05, 0.1) is 6.26 Å². The van der Waals surface area contributed by atoms with Crippen LogP contribution < -0.4 is 0 Å². The fraction of sp³-hybridized carbons (Fsp3) is 0.333. The van der Waals surface area contributed by atoms with Crippen LogP contribution in [0.3, 0.4) is 0 Å². The van der Waals surface area contributed by atoms with E-state index in [1.54, 1.807) is 12.3 Å². The van der Waals surface area contributed by atoms with Gasteiger partial charge in [-0.1, -0.05) is 32.0 Å². The van der Waals surface area contributed by atoms with E-state index < -0.39 is 6.10 Å². The highest BCUT2D eigenvalue weighted by Gasteiger charge is 2.16. The molecule has 1 aromatic heterocycles. The molecule has 1 aromatic carbocycles. The maximum atomic E-state index is 10.4. The first-order valence-corrected chi connectivity index (χ1v) is 6.99. The second-order valence-electron chi connectivity index (χ2n) is 4.29. The monoisotopic (exact) mass is 308 g/mol. The summed E-state index contributed by atoms with van der Waals surface area (Å²) in [6.07, 6.45) is 2.93. The molecule has 96 valence electrons. The molecule has 0 spiro atoms. The highest BCUT2D eigenvalue weighted by molar-refractivity contribution is 9.10. The van der Waals surface area contributed by atoms with Crippen LogP contribution in [-0.4, -0.2) is 5.11 Å². The lowest BCUT2D eigenvalue weighted by atomic mass is 9.96. The number of benzene rings is 1. The summed E-state index contributed by atoms with van der Waals surface area (Å²) in [5.41, 5.74) is 4.32. The van der Waals surface area contributed by atoms with Crippen LogP contribution in [0.2, 0.25) is 0 Å². The number of aliphatic hydroxyl groups excluding tert-OH is 1. The molecule has 2 aromatic rings. The zero-order valence-corrected chi connectivity index (χ0v) is 12.2. The van der Waals surface area contributed by atoms with Gasteiger partial charge in [0.15, 0.2) is 4.67 Å². The van der Waals surface area contributed by atoms with Gasteiger partial charge in [-0.15, -0.1) is 0 Å². The Morgan fingerprint density at radius 3 is 2.44 bits per heavy atom. The van der Waals surface area contributed by atoms with Crippen LogP contribution in [0.15, 0.2) is 39.6 Å². The molecule has 0 aliphatic heterocycles. The molecule has 0 aliphatic rings. The maximum absolute atomic E-state index is 10.4. The number of rotatable bonds is 4. The second kappa shape index (κ2) is 5.72. The van der Waals surface area contributed by atoms with E-state index in [1.807, 2.05) is 6.07 Å². The molecule has 1 atom stereocenters. The van der Waals surface area contributed by atoms with Gasteiger partial charge in [0, 0.05) is 5.56 Å². The molecule has 0 saturated carbocycles. The third-order valence-corrected chi connectivity index (χ3v) is 3.89. The Hall–Kier alpha value is -1.06. The Bertz CT molecular complexity index is 531. The Morgan fingerprint density at radius 1 is 1.17 bits per heavy atom. The van der Waals surface area contributed by atoms with E-state index in [4.69, 9.17) is 4.42 Å². The van der Waals surface area contributed by atoms with Gasteiger partial charge in [0.25, 0.3) is 0 Å². The fourth-order valence-corrected chi connectivity index (χ4v) is 2.63. The van der Waals surface area contributed by atoms with Crippen molar-refractivity contribution in [3.05, 3.63) is 57.5 Å². The minimum atomic E-state index is -0.644. The summed E-state index contributed by atoms with van der Waals surface area (Å²) < 4.78 is 5.76. The van der Waals surface area contributed by atoms with Crippen LogP contribution in [0.25, 0.3) is 0 Å². The Morgan fingerprint density at radius 2 is 1.89 bits per heavy atom. The molecule has 1 N–H and O–H groups in total. The lowest BCUT2D eigenvalue weighted by Gasteiger charge is -2.13. The molecule has 0 bridgehead atoms. The molecular weight excluding hydrogens is 292 g/mol. The summed E-state index contributed by atoms with van der Waals surface area (Å²) in [5, 5.41) is 10.4. The van der Waals surface area contributed by atoms with E-state index >= 15 is 0 Å². The number of furan rings is 1.